The highest BCUT2D eigenvalue weighted by atomic mass is 15.3. The van der Waals surface area contributed by atoms with Crippen molar-refractivity contribution >= 4 is 5.69 Å². The molecule has 0 unspecified atom stereocenters. The Morgan fingerprint density at radius 1 is 1.37 bits per heavy atom. The van der Waals surface area contributed by atoms with Gasteiger partial charge in [0, 0.05) is 24.0 Å². The number of nitrogens with zero attached hydrogens (tertiary/aromatic N) is 3. The second-order valence-corrected chi connectivity index (χ2v) is 5.51. The lowest BCUT2D eigenvalue weighted by atomic mass is 10.1. The number of anilines is 1. The van der Waals surface area contributed by atoms with Crippen molar-refractivity contribution in [2.24, 2.45) is 0 Å². The second-order valence-electron chi connectivity index (χ2n) is 5.51. The monoisotopic (exact) mass is 254 g/mol. The first-order valence-corrected chi connectivity index (χ1v) is 6.27. The summed E-state index contributed by atoms with van der Waals surface area (Å²) in [5.41, 5.74) is 2.73. The lowest BCUT2D eigenvalue weighted by Gasteiger charge is -2.18. The van der Waals surface area contributed by atoms with Crippen LogP contribution in [0.3, 0.4) is 0 Å². The molecule has 4 nitrogen and oxygen atoms in total. The SMILES string of the molecule is CC(C)(C)n1cc(CNc2cccc(C#N)c2)cn1. The summed E-state index contributed by atoms with van der Waals surface area (Å²) in [6, 6.07) is 9.60. The molecule has 1 heterocycles. The molecule has 19 heavy (non-hydrogen) atoms. The van der Waals surface area contributed by atoms with E-state index in [2.05, 4.69) is 37.3 Å². The third-order valence-corrected chi connectivity index (χ3v) is 2.81. The fourth-order valence-corrected chi connectivity index (χ4v) is 1.72. The Morgan fingerprint density at radius 2 is 2.16 bits per heavy atom. The lowest BCUT2D eigenvalue weighted by molar-refractivity contribution is 0.355. The van der Waals surface area contributed by atoms with E-state index in [1.54, 1.807) is 6.07 Å². The zero-order chi connectivity index (χ0) is 13.9. The van der Waals surface area contributed by atoms with Crippen LogP contribution in [0.25, 0.3) is 0 Å². The minimum Gasteiger partial charge on any atom is -0.381 e. The molecule has 0 radical (unpaired) electrons. The molecule has 2 aromatic rings. The Bertz CT molecular complexity index is 599. The number of benzene rings is 1. The lowest BCUT2D eigenvalue weighted by Crippen LogP contribution is -2.21. The van der Waals surface area contributed by atoms with Crippen molar-refractivity contribution in [3.8, 4) is 6.07 Å². The van der Waals surface area contributed by atoms with Gasteiger partial charge in [0.05, 0.1) is 23.4 Å². The first kappa shape index (κ1) is 13.2. The highest BCUT2D eigenvalue weighted by molar-refractivity contribution is 5.49. The Balaban J connectivity index is 2.03. The van der Waals surface area contributed by atoms with Crippen LogP contribution in [0.5, 0.6) is 0 Å². The molecule has 0 spiro atoms. The van der Waals surface area contributed by atoms with Gasteiger partial charge in [-0.2, -0.15) is 10.4 Å². The molecule has 0 amide bonds. The van der Waals surface area contributed by atoms with E-state index in [1.807, 2.05) is 35.3 Å². The highest BCUT2D eigenvalue weighted by Crippen LogP contribution is 2.15. The summed E-state index contributed by atoms with van der Waals surface area (Å²) in [6.45, 7) is 7.06. The molecule has 0 bridgehead atoms. The van der Waals surface area contributed by atoms with Gasteiger partial charge in [0.2, 0.25) is 0 Å². The van der Waals surface area contributed by atoms with Gasteiger partial charge >= 0.3 is 0 Å². The molecule has 2 rings (SSSR count). The molecule has 0 fully saturated rings. The third-order valence-electron chi connectivity index (χ3n) is 2.81. The van der Waals surface area contributed by atoms with Gasteiger partial charge < -0.3 is 5.32 Å². The van der Waals surface area contributed by atoms with Gasteiger partial charge in [0.25, 0.3) is 0 Å². The second kappa shape index (κ2) is 5.15. The minimum absolute atomic E-state index is 0.00102. The van der Waals surface area contributed by atoms with Crippen molar-refractivity contribution in [3.63, 3.8) is 0 Å². The number of nitriles is 1. The van der Waals surface area contributed by atoms with E-state index in [0.717, 1.165) is 11.3 Å². The van der Waals surface area contributed by atoms with E-state index >= 15 is 0 Å². The molecule has 1 N–H and O–H groups in total. The fraction of sp³-hybridized carbons (Fsp3) is 0.333. The van der Waals surface area contributed by atoms with Gasteiger partial charge in [-0.15, -0.1) is 0 Å². The van der Waals surface area contributed by atoms with Gasteiger partial charge in [-0.1, -0.05) is 6.07 Å². The molecular formula is C15H18N4. The summed E-state index contributed by atoms with van der Waals surface area (Å²) >= 11 is 0. The molecule has 1 aromatic carbocycles. The zero-order valence-electron chi connectivity index (χ0n) is 11.5. The Kier molecular flexibility index (Phi) is 3.57. The summed E-state index contributed by atoms with van der Waals surface area (Å²) in [5, 5.41) is 16.5. The van der Waals surface area contributed by atoms with Crippen molar-refractivity contribution in [2.75, 3.05) is 5.32 Å². The first-order chi connectivity index (χ1) is 8.99. The molecule has 0 aliphatic carbocycles. The normalized spacial score (nSPS) is 11.1. The van der Waals surface area contributed by atoms with Crippen LogP contribution in [0, 0.1) is 11.3 Å². The van der Waals surface area contributed by atoms with Crippen molar-refractivity contribution < 1.29 is 0 Å². The first-order valence-electron chi connectivity index (χ1n) is 6.27. The molecule has 0 aliphatic heterocycles. The van der Waals surface area contributed by atoms with Gasteiger partial charge in [-0.05, 0) is 39.0 Å². The van der Waals surface area contributed by atoms with Crippen molar-refractivity contribution in [1.82, 2.24) is 9.78 Å². The van der Waals surface area contributed by atoms with Gasteiger partial charge in [-0.3, -0.25) is 4.68 Å². The molecule has 0 saturated carbocycles. The smallest absolute Gasteiger partial charge is 0.0992 e. The maximum Gasteiger partial charge on any atom is 0.0992 e. The summed E-state index contributed by atoms with van der Waals surface area (Å²) in [5.74, 6) is 0. The Hall–Kier alpha value is -2.28. The standard InChI is InChI=1S/C15H18N4/c1-15(2,3)19-11-13(10-18-19)9-17-14-6-4-5-12(7-14)8-16/h4-7,10-11,17H,9H2,1-3H3. The third kappa shape index (κ3) is 3.35. The van der Waals surface area contributed by atoms with E-state index < -0.39 is 0 Å². The zero-order valence-corrected chi connectivity index (χ0v) is 11.5. The predicted octanol–water partition coefficient (Wildman–Crippen LogP) is 3.12. The van der Waals surface area contributed by atoms with E-state index in [0.29, 0.717) is 12.1 Å². The quantitative estimate of drug-likeness (QED) is 0.915. The van der Waals surface area contributed by atoms with E-state index in [-0.39, 0.29) is 5.54 Å². The molecule has 1 aromatic heterocycles. The average molecular weight is 254 g/mol. The van der Waals surface area contributed by atoms with Crippen molar-refractivity contribution in [3.05, 3.63) is 47.8 Å². The van der Waals surface area contributed by atoms with Crippen LogP contribution >= 0.6 is 0 Å². The molecule has 0 atom stereocenters. The van der Waals surface area contributed by atoms with Crippen LogP contribution in [0.4, 0.5) is 5.69 Å². The summed E-state index contributed by atoms with van der Waals surface area (Å²) < 4.78 is 1.95. The van der Waals surface area contributed by atoms with Crippen LogP contribution < -0.4 is 5.32 Å². The van der Waals surface area contributed by atoms with E-state index in [9.17, 15) is 0 Å². The Labute approximate surface area is 113 Å². The predicted molar refractivity (Wildman–Crippen MR) is 75.7 cm³/mol. The number of hydrogen-bond acceptors (Lipinski definition) is 3. The summed E-state index contributed by atoms with van der Waals surface area (Å²) in [4.78, 5) is 0. The molecular weight excluding hydrogens is 236 g/mol. The van der Waals surface area contributed by atoms with E-state index in [4.69, 9.17) is 5.26 Å². The van der Waals surface area contributed by atoms with Gasteiger partial charge in [0.1, 0.15) is 0 Å². The minimum atomic E-state index is -0.00102. The number of nitrogens with one attached hydrogen (secondary N) is 1. The van der Waals surface area contributed by atoms with Gasteiger partial charge in [0.15, 0.2) is 0 Å². The average Bonchev–Trinajstić information content (AvgIpc) is 2.85. The van der Waals surface area contributed by atoms with Crippen LogP contribution in [-0.2, 0) is 12.1 Å². The molecule has 98 valence electrons. The highest BCUT2D eigenvalue weighted by Gasteiger charge is 2.13. The van der Waals surface area contributed by atoms with Crippen molar-refractivity contribution in [1.29, 1.82) is 5.26 Å². The fourth-order valence-electron chi connectivity index (χ4n) is 1.72. The number of hydrogen-bond donors (Lipinski definition) is 1. The van der Waals surface area contributed by atoms with Gasteiger partial charge in [-0.25, -0.2) is 0 Å². The van der Waals surface area contributed by atoms with Crippen LogP contribution in [-0.4, -0.2) is 9.78 Å². The van der Waals surface area contributed by atoms with E-state index in [1.165, 1.54) is 0 Å². The summed E-state index contributed by atoms with van der Waals surface area (Å²) in [6.07, 6.45) is 3.91. The number of aromatic nitrogens is 2. The van der Waals surface area contributed by atoms with Crippen LogP contribution in [0.2, 0.25) is 0 Å². The summed E-state index contributed by atoms with van der Waals surface area (Å²) in [7, 11) is 0. The topological polar surface area (TPSA) is 53.6 Å². The Morgan fingerprint density at radius 3 is 2.79 bits per heavy atom. The maximum absolute atomic E-state index is 8.85. The molecule has 0 aliphatic rings. The molecule has 0 saturated heterocycles. The number of rotatable bonds is 3. The molecule has 4 heteroatoms. The maximum atomic E-state index is 8.85. The van der Waals surface area contributed by atoms with Crippen LogP contribution in [0.1, 0.15) is 31.9 Å². The largest absolute Gasteiger partial charge is 0.381 e. The van der Waals surface area contributed by atoms with Crippen LogP contribution in [0.15, 0.2) is 36.7 Å². The van der Waals surface area contributed by atoms with Crippen molar-refractivity contribution in [2.45, 2.75) is 32.9 Å².